The lowest BCUT2D eigenvalue weighted by molar-refractivity contribution is -0.116. The highest BCUT2D eigenvalue weighted by Crippen LogP contribution is 2.31. The molecule has 0 spiro atoms. The molecule has 1 saturated heterocycles. The maximum absolute atomic E-state index is 12.9. The molecule has 2 aliphatic heterocycles. The van der Waals surface area contributed by atoms with Gasteiger partial charge in [-0.1, -0.05) is 30.0 Å². The van der Waals surface area contributed by atoms with E-state index in [0.29, 0.717) is 12.3 Å². The van der Waals surface area contributed by atoms with E-state index < -0.39 is 0 Å². The average Bonchev–Trinajstić information content (AvgIpc) is 3.44. The molecule has 1 atom stereocenters. The maximum Gasteiger partial charge on any atom is 0.348 e. The zero-order valence-corrected chi connectivity index (χ0v) is 18.0. The van der Waals surface area contributed by atoms with Crippen molar-refractivity contribution in [1.29, 1.82) is 0 Å². The summed E-state index contributed by atoms with van der Waals surface area (Å²) < 4.78 is 7.60. The van der Waals surface area contributed by atoms with Crippen molar-refractivity contribution >= 4 is 23.4 Å². The first-order valence-corrected chi connectivity index (χ1v) is 11.9. The van der Waals surface area contributed by atoms with Gasteiger partial charge in [-0.3, -0.25) is 9.36 Å². The predicted molar refractivity (Wildman–Crippen MR) is 117 cm³/mol. The van der Waals surface area contributed by atoms with Crippen LogP contribution in [0.3, 0.4) is 0 Å². The predicted octanol–water partition coefficient (Wildman–Crippen LogP) is 2.98. The van der Waals surface area contributed by atoms with Gasteiger partial charge in [-0.15, -0.1) is 0 Å². The van der Waals surface area contributed by atoms with E-state index in [1.54, 1.807) is 0 Å². The summed E-state index contributed by atoms with van der Waals surface area (Å²) in [6.45, 7) is 2.11. The highest BCUT2D eigenvalue weighted by molar-refractivity contribution is 8.00. The van der Waals surface area contributed by atoms with Crippen molar-refractivity contribution in [2.24, 2.45) is 0 Å². The summed E-state index contributed by atoms with van der Waals surface area (Å²) in [6, 6.07) is 8.09. The number of ether oxygens (including phenoxy) is 1. The quantitative estimate of drug-likeness (QED) is 0.544. The fraction of sp³-hybridized carbons (Fsp3) is 0.522. The number of carbonyl (C=O) groups is 1. The molecule has 2 aromatic rings. The lowest BCUT2D eigenvalue weighted by Crippen LogP contribution is -2.34. The van der Waals surface area contributed by atoms with E-state index in [-0.39, 0.29) is 17.7 Å². The van der Waals surface area contributed by atoms with Crippen molar-refractivity contribution < 1.29 is 9.53 Å². The average molecular weight is 426 g/mol. The van der Waals surface area contributed by atoms with Gasteiger partial charge in [-0.05, 0) is 56.6 Å². The Labute approximate surface area is 180 Å². The summed E-state index contributed by atoms with van der Waals surface area (Å²) in [4.78, 5) is 32.0. The van der Waals surface area contributed by atoms with Gasteiger partial charge in [0.2, 0.25) is 5.91 Å². The molecule has 0 saturated carbocycles. The van der Waals surface area contributed by atoms with E-state index in [1.807, 2.05) is 27.7 Å². The number of carbonyl (C=O) groups excluding carboxylic acids is 1. The van der Waals surface area contributed by atoms with Gasteiger partial charge in [0.05, 0.1) is 18.4 Å². The Morgan fingerprint density at radius 3 is 2.90 bits per heavy atom. The second-order valence-corrected chi connectivity index (χ2v) is 9.25. The second-order valence-electron chi connectivity index (χ2n) is 8.29. The van der Waals surface area contributed by atoms with Crippen molar-refractivity contribution in [3.05, 3.63) is 51.6 Å². The third kappa shape index (κ3) is 3.81. The van der Waals surface area contributed by atoms with Gasteiger partial charge in [-0.25, -0.2) is 4.79 Å². The Morgan fingerprint density at radius 1 is 1.17 bits per heavy atom. The minimum atomic E-state index is -0.201. The lowest BCUT2D eigenvalue weighted by atomic mass is 9.97. The first-order valence-electron chi connectivity index (χ1n) is 11.0. The number of hydrogen-bond acceptors (Lipinski definition) is 5. The van der Waals surface area contributed by atoms with Gasteiger partial charge in [0, 0.05) is 30.1 Å². The number of rotatable bonds is 5. The Bertz CT molecular complexity index is 1010. The molecule has 5 rings (SSSR count). The molecule has 0 bridgehead atoms. The molecule has 3 heterocycles. The number of anilines is 1. The molecular weight excluding hydrogens is 398 g/mol. The Morgan fingerprint density at radius 2 is 2.03 bits per heavy atom. The summed E-state index contributed by atoms with van der Waals surface area (Å²) in [5.74, 6) is 0.392. The summed E-state index contributed by atoms with van der Waals surface area (Å²) in [5.41, 5.74) is 4.32. The monoisotopic (exact) mass is 425 g/mol. The van der Waals surface area contributed by atoms with Crippen LogP contribution in [0.5, 0.6) is 0 Å². The molecule has 30 heavy (non-hydrogen) atoms. The molecule has 1 amide bonds. The van der Waals surface area contributed by atoms with Gasteiger partial charge < -0.3 is 9.64 Å². The van der Waals surface area contributed by atoms with Crippen LogP contribution in [0.25, 0.3) is 0 Å². The molecule has 158 valence electrons. The normalized spacial score (nSPS) is 20.3. The molecule has 3 aliphatic rings. The van der Waals surface area contributed by atoms with E-state index in [9.17, 15) is 9.59 Å². The number of hydrogen-bond donors (Lipinski definition) is 0. The molecule has 6 nitrogen and oxygen atoms in total. The van der Waals surface area contributed by atoms with Crippen molar-refractivity contribution in [2.75, 3.05) is 23.8 Å². The van der Waals surface area contributed by atoms with Crippen LogP contribution in [-0.2, 0) is 35.3 Å². The Kier molecular flexibility index (Phi) is 5.65. The molecule has 0 radical (unpaired) electrons. The van der Waals surface area contributed by atoms with Crippen LogP contribution < -0.4 is 10.6 Å². The third-order valence-electron chi connectivity index (χ3n) is 6.38. The van der Waals surface area contributed by atoms with Crippen molar-refractivity contribution in [1.82, 2.24) is 9.55 Å². The smallest absolute Gasteiger partial charge is 0.348 e. The van der Waals surface area contributed by atoms with E-state index in [1.165, 1.54) is 22.9 Å². The highest BCUT2D eigenvalue weighted by Gasteiger charge is 2.27. The molecular formula is C23H27N3O3S. The van der Waals surface area contributed by atoms with Crippen LogP contribution in [-0.4, -0.2) is 40.5 Å². The molecule has 1 aromatic heterocycles. The number of nitrogens with zero attached hydrogens (tertiary/aromatic N) is 3. The van der Waals surface area contributed by atoms with Crippen LogP contribution in [0.2, 0.25) is 0 Å². The summed E-state index contributed by atoms with van der Waals surface area (Å²) in [6.07, 6.45) is 7.11. The summed E-state index contributed by atoms with van der Waals surface area (Å²) in [5, 5.41) is 0.749. The first kappa shape index (κ1) is 19.8. The maximum atomic E-state index is 12.9. The van der Waals surface area contributed by atoms with Gasteiger partial charge in [-0.2, -0.15) is 4.98 Å². The number of fused-ring (bicyclic) bond motifs is 2. The molecule has 0 unspecified atom stereocenters. The van der Waals surface area contributed by atoms with Crippen molar-refractivity contribution in [2.45, 2.75) is 62.6 Å². The highest BCUT2D eigenvalue weighted by atomic mass is 32.2. The zero-order valence-electron chi connectivity index (χ0n) is 17.1. The largest absolute Gasteiger partial charge is 0.376 e. The molecule has 1 aromatic carbocycles. The fourth-order valence-corrected chi connectivity index (χ4v) is 5.81. The van der Waals surface area contributed by atoms with Gasteiger partial charge in [0.25, 0.3) is 0 Å². The summed E-state index contributed by atoms with van der Waals surface area (Å²) in [7, 11) is 0. The molecule has 1 fully saturated rings. The van der Waals surface area contributed by atoms with E-state index in [4.69, 9.17) is 4.74 Å². The number of amides is 1. The van der Waals surface area contributed by atoms with Crippen LogP contribution in [0.1, 0.15) is 42.5 Å². The Hall–Kier alpha value is -2.12. The first-order chi connectivity index (χ1) is 14.7. The van der Waals surface area contributed by atoms with Crippen LogP contribution in [0.15, 0.2) is 34.1 Å². The van der Waals surface area contributed by atoms with E-state index in [2.05, 4.69) is 11.1 Å². The minimum absolute atomic E-state index is 0.0832. The zero-order chi connectivity index (χ0) is 20.5. The van der Waals surface area contributed by atoms with Gasteiger partial charge in [0.1, 0.15) is 5.03 Å². The second kappa shape index (κ2) is 8.55. The van der Waals surface area contributed by atoms with Crippen LogP contribution >= 0.6 is 11.8 Å². The van der Waals surface area contributed by atoms with Gasteiger partial charge >= 0.3 is 5.69 Å². The number of aromatic nitrogens is 2. The van der Waals surface area contributed by atoms with Crippen molar-refractivity contribution in [3.8, 4) is 0 Å². The summed E-state index contributed by atoms with van der Waals surface area (Å²) >= 11 is 1.42. The van der Waals surface area contributed by atoms with E-state index >= 15 is 0 Å². The van der Waals surface area contributed by atoms with Crippen molar-refractivity contribution in [3.63, 3.8) is 0 Å². The molecule has 0 N–H and O–H groups in total. The van der Waals surface area contributed by atoms with Gasteiger partial charge in [0.15, 0.2) is 0 Å². The van der Waals surface area contributed by atoms with Crippen LogP contribution in [0.4, 0.5) is 5.69 Å². The molecule has 7 heteroatoms. The minimum Gasteiger partial charge on any atom is -0.376 e. The third-order valence-corrected chi connectivity index (χ3v) is 7.38. The number of thioether (sulfide) groups is 1. The number of para-hydroxylation sites is 1. The topological polar surface area (TPSA) is 64.4 Å². The molecule has 1 aliphatic carbocycles. The lowest BCUT2D eigenvalue weighted by Gasteiger charge is -2.24. The standard InChI is InChI=1S/C23H27N3O3S/c27-21(25-12-11-16-6-1-3-9-19(16)25)15-30-22-18-8-2-4-10-20(18)26(23(28)24-22)14-17-7-5-13-29-17/h1,3,6,9,17H,2,4-5,7-8,10-15H2/t17-/m0/s1. The number of benzene rings is 1. The van der Waals surface area contributed by atoms with E-state index in [0.717, 1.165) is 74.5 Å². The fourth-order valence-electron chi connectivity index (χ4n) is 4.85. The SMILES string of the molecule is O=C(CSc1nc(=O)n(C[C@@H]2CCCO2)c2c1CCCC2)N1CCc2ccccc21. The van der Waals surface area contributed by atoms with Crippen LogP contribution in [0, 0.1) is 0 Å². The Balaban J connectivity index is 1.35.